The highest BCUT2D eigenvalue weighted by Gasteiger charge is 2.24. The van der Waals surface area contributed by atoms with Crippen LogP contribution in [0, 0.1) is 5.92 Å². The van der Waals surface area contributed by atoms with E-state index in [1.165, 1.54) is 6.33 Å². The molecule has 3 heterocycles. The van der Waals surface area contributed by atoms with Gasteiger partial charge in [0.05, 0.1) is 18.0 Å². The summed E-state index contributed by atoms with van der Waals surface area (Å²) in [5, 5.41) is 4.64. The number of carbonyl (C=O) groups is 1. The number of nitrogens with zero attached hydrogens (tertiary/aromatic N) is 6. The summed E-state index contributed by atoms with van der Waals surface area (Å²) >= 11 is 6.16. The number of anilines is 1. The fourth-order valence-corrected chi connectivity index (χ4v) is 3.31. The van der Waals surface area contributed by atoms with Crippen LogP contribution in [-0.2, 0) is 7.05 Å². The maximum atomic E-state index is 12.4. The van der Waals surface area contributed by atoms with Crippen molar-refractivity contribution < 1.29 is 4.79 Å². The zero-order chi connectivity index (χ0) is 17.1. The number of hydrogen-bond acceptors (Lipinski definition) is 5. The van der Waals surface area contributed by atoms with Gasteiger partial charge in [0.25, 0.3) is 5.91 Å². The number of halogens is 1. The molecule has 128 valence electrons. The van der Waals surface area contributed by atoms with Gasteiger partial charge >= 0.3 is 0 Å². The molecule has 0 saturated carbocycles. The maximum absolute atomic E-state index is 12.4. The minimum Gasteiger partial charge on any atom is -0.355 e. The summed E-state index contributed by atoms with van der Waals surface area (Å²) in [6.07, 6.45) is 8.51. The number of aryl methyl sites for hydroxylation is 1. The smallest absolute Gasteiger partial charge is 0.256 e. The number of amides is 1. The molecule has 1 amide bonds. The highest BCUT2D eigenvalue weighted by atomic mass is 35.5. The number of hydrogen-bond donors (Lipinski definition) is 0. The van der Waals surface area contributed by atoms with Crippen molar-refractivity contribution in [2.24, 2.45) is 13.0 Å². The maximum Gasteiger partial charge on any atom is 0.256 e. The van der Waals surface area contributed by atoms with Gasteiger partial charge in [-0.15, -0.1) is 0 Å². The van der Waals surface area contributed by atoms with E-state index in [9.17, 15) is 4.79 Å². The Morgan fingerprint density at radius 2 is 2.12 bits per heavy atom. The molecule has 0 radical (unpaired) electrons. The first-order valence-electron chi connectivity index (χ1n) is 7.99. The number of carbonyl (C=O) groups excluding carboxylic acids is 1. The van der Waals surface area contributed by atoms with Crippen molar-refractivity contribution in [3.63, 3.8) is 0 Å². The fourth-order valence-electron chi connectivity index (χ4n) is 3.09. The minimum atomic E-state index is 0.0179. The van der Waals surface area contributed by atoms with Crippen LogP contribution >= 0.6 is 11.6 Å². The van der Waals surface area contributed by atoms with Crippen LogP contribution in [-0.4, -0.2) is 57.2 Å². The third-order valence-electron chi connectivity index (χ3n) is 4.39. The fraction of sp³-hybridized carbons (Fsp3) is 0.500. The monoisotopic (exact) mass is 348 g/mol. The number of rotatable bonds is 4. The highest BCUT2D eigenvalue weighted by molar-refractivity contribution is 6.32. The van der Waals surface area contributed by atoms with Crippen molar-refractivity contribution in [2.75, 3.05) is 31.6 Å². The lowest BCUT2D eigenvalue weighted by Crippen LogP contribution is -2.39. The lowest BCUT2D eigenvalue weighted by Gasteiger charge is -2.34. The molecule has 8 heteroatoms. The van der Waals surface area contributed by atoms with Gasteiger partial charge in [-0.2, -0.15) is 5.10 Å². The van der Waals surface area contributed by atoms with Gasteiger partial charge in [-0.3, -0.25) is 9.48 Å². The Bertz CT molecular complexity index is 710. The van der Waals surface area contributed by atoms with Crippen molar-refractivity contribution in [3.8, 4) is 0 Å². The average molecular weight is 349 g/mol. The summed E-state index contributed by atoms with van der Waals surface area (Å²) in [5.74, 6) is 1.29. The molecule has 0 spiro atoms. The molecule has 2 aromatic rings. The average Bonchev–Trinajstić information content (AvgIpc) is 3.02. The summed E-state index contributed by atoms with van der Waals surface area (Å²) < 4.78 is 1.64. The molecule has 7 nitrogen and oxygen atoms in total. The molecule has 3 rings (SSSR count). The lowest BCUT2D eigenvalue weighted by atomic mass is 9.96. The van der Waals surface area contributed by atoms with Crippen molar-refractivity contribution in [1.29, 1.82) is 0 Å². The Hall–Kier alpha value is -2.15. The normalized spacial score (nSPS) is 15.5. The zero-order valence-corrected chi connectivity index (χ0v) is 14.6. The topological polar surface area (TPSA) is 67.2 Å². The minimum absolute atomic E-state index is 0.0179. The van der Waals surface area contributed by atoms with E-state index < -0.39 is 0 Å². The largest absolute Gasteiger partial charge is 0.355 e. The second-order valence-corrected chi connectivity index (χ2v) is 6.62. The third-order valence-corrected chi connectivity index (χ3v) is 4.66. The first-order chi connectivity index (χ1) is 11.5. The first-order valence-corrected chi connectivity index (χ1v) is 8.37. The SMILES string of the molecule is CN(CC1CCN(c2ncncc2Cl)CC1)C(=O)c1cnn(C)c1. The van der Waals surface area contributed by atoms with Gasteiger partial charge in [0.2, 0.25) is 0 Å². The summed E-state index contributed by atoms with van der Waals surface area (Å²) in [7, 11) is 3.66. The van der Waals surface area contributed by atoms with Gasteiger partial charge < -0.3 is 9.80 Å². The highest BCUT2D eigenvalue weighted by Crippen LogP contribution is 2.27. The number of piperidine rings is 1. The summed E-state index contributed by atoms with van der Waals surface area (Å²) in [6, 6.07) is 0. The second-order valence-electron chi connectivity index (χ2n) is 6.21. The van der Waals surface area contributed by atoms with Gasteiger partial charge in [0.15, 0.2) is 5.82 Å². The number of aromatic nitrogens is 4. The van der Waals surface area contributed by atoms with E-state index in [0.717, 1.165) is 38.3 Å². The molecule has 0 N–H and O–H groups in total. The molecule has 0 atom stereocenters. The molecule has 2 aromatic heterocycles. The molecule has 24 heavy (non-hydrogen) atoms. The summed E-state index contributed by atoms with van der Waals surface area (Å²) in [4.78, 5) is 24.6. The summed E-state index contributed by atoms with van der Waals surface area (Å²) in [6.45, 7) is 2.52. The Kier molecular flexibility index (Phi) is 4.99. The quantitative estimate of drug-likeness (QED) is 0.843. The molecule has 0 unspecified atom stereocenters. The van der Waals surface area contributed by atoms with Crippen LogP contribution in [0.3, 0.4) is 0 Å². The predicted octanol–water partition coefficient (Wildman–Crippen LogP) is 1.85. The molecule has 1 aliphatic rings. The molecular formula is C16H21ClN6O. The van der Waals surface area contributed by atoms with Gasteiger partial charge in [0, 0.05) is 39.9 Å². The molecule has 1 fully saturated rings. The predicted molar refractivity (Wildman–Crippen MR) is 92.1 cm³/mol. The Morgan fingerprint density at radius 3 is 2.75 bits per heavy atom. The van der Waals surface area contributed by atoms with Crippen LogP contribution < -0.4 is 4.90 Å². The van der Waals surface area contributed by atoms with Crippen LogP contribution in [0.25, 0.3) is 0 Å². The molecule has 1 saturated heterocycles. The Labute approximate surface area is 146 Å². The standard InChI is InChI=1S/C16H21ClN6O/c1-21(16(24)13-7-20-22(2)10-13)9-12-3-5-23(6-4-12)15-14(17)8-18-11-19-15/h7-8,10-12H,3-6,9H2,1-2H3. The van der Waals surface area contributed by atoms with Crippen LogP contribution in [0.15, 0.2) is 24.9 Å². The van der Waals surface area contributed by atoms with Crippen molar-refractivity contribution in [1.82, 2.24) is 24.6 Å². The van der Waals surface area contributed by atoms with E-state index in [1.54, 1.807) is 28.2 Å². The van der Waals surface area contributed by atoms with Crippen molar-refractivity contribution >= 4 is 23.3 Å². The van der Waals surface area contributed by atoms with Crippen LogP contribution in [0.2, 0.25) is 5.02 Å². The third kappa shape index (κ3) is 3.67. The molecule has 0 aromatic carbocycles. The summed E-state index contributed by atoms with van der Waals surface area (Å²) in [5.41, 5.74) is 0.630. The van der Waals surface area contributed by atoms with E-state index in [2.05, 4.69) is 20.0 Å². The van der Waals surface area contributed by atoms with E-state index >= 15 is 0 Å². The lowest BCUT2D eigenvalue weighted by molar-refractivity contribution is 0.0765. The van der Waals surface area contributed by atoms with E-state index in [4.69, 9.17) is 11.6 Å². The van der Waals surface area contributed by atoms with Crippen molar-refractivity contribution in [3.05, 3.63) is 35.5 Å². The van der Waals surface area contributed by atoms with Crippen LogP contribution in [0.1, 0.15) is 23.2 Å². The molecular weight excluding hydrogens is 328 g/mol. The van der Waals surface area contributed by atoms with Gasteiger partial charge in [0.1, 0.15) is 11.3 Å². The first kappa shape index (κ1) is 16.7. The van der Waals surface area contributed by atoms with E-state index in [1.807, 2.05) is 14.1 Å². The van der Waals surface area contributed by atoms with Gasteiger partial charge in [-0.1, -0.05) is 11.6 Å². The molecule has 0 bridgehead atoms. The van der Waals surface area contributed by atoms with E-state index in [0.29, 0.717) is 16.5 Å². The molecule has 1 aliphatic heterocycles. The van der Waals surface area contributed by atoms with E-state index in [-0.39, 0.29) is 5.91 Å². The Morgan fingerprint density at radius 1 is 1.38 bits per heavy atom. The second kappa shape index (κ2) is 7.17. The van der Waals surface area contributed by atoms with Crippen LogP contribution in [0.4, 0.5) is 5.82 Å². The Balaban J connectivity index is 1.53. The van der Waals surface area contributed by atoms with Crippen LogP contribution in [0.5, 0.6) is 0 Å². The van der Waals surface area contributed by atoms with Gasteiger partial charge in [-0.05, 0) is 18.8 Å². The van der Waals surface area contributed by atoms with Gasteiger partial charge in [-0.25, -0.2) is 9.97 Å². The van der Waals surface area contributed by atoms with Crippen molar-refractivity contribution in [2.45, 2.75) is 12.8 Å². The zero-order valence-electron chi connectivity index (χ0n) is 13.9. The molecule has 0 aliphatic carbocycles.